The number of anilines is 1. The molecule has 0 spiro atoms. The number of benzene rings is 1. The summed E-state index contributed by atoms with van der Waals surface area (Å²) < 4.78 is 11.8. The fraction of sp³-hybridized carbons (Fsp3) is 0.421. The SMILES string of the molecule is CCOC(=O)c1c(C)nc(N)nc1COc1ccc(C(C)CC)cc1Br. The molecule has 1 atom stereocenters. The van der Waals surface area contributed by atoms with Gasteiger partial charge in [-0.1, -0.05) is 19.9 Å². The molecule has 1 aromatic carbocycles. The van der Waals surface area contributed by atoms with Crippen molar-refractivity contribution >= 4 is 27.8 Å². The Morgan fingerprint density at radius 1 is 1.31 bits per heavy atom. The molecule has 2 N–H and O–H groups in total. The normalized spacial score (nSPS) is 11.9. The van der Waals surface area contributed by atoms with Crippen LogP contribution in [-0.4, -0.2) is 22.5 Å². The first-order valence-corrected chi connectivity index (χ1v) is 9.38. The van der Waals surface area contributed by atoms with Crippen molar-refractivity contribution in [2.24, 2.45) is 0 Å². The minimum absolute atomic E-state index is 0.0863. The van der Waals surface area contributed by atoms with Crippen molar-refractivity contribution in [1.82, 2.24) is 9.97 Å². The van der Waals surface area contributed by atoms with Gasteiger partial charge in [-0.05, 0) is 59.8 Å². The summed E-state index contributed by atoms with van der Waals surface area (Å²) in [7, 11) is 0. The molecule has 0 radical (unpaired) electrons. The van der Waals surface area contributed by atoms with Gasteiger partial charge in [0, 0.05) is 0 Å². The van der Waals surface area contributed by atoms with Crippen LogP contribution < -0.4 is 10.5 Å². The van der Waals surface area contributed by atoms with Gasteiger partial charge >= 0.3 is 5.97 Å². The topological polar surface area (TPSA) is 87.3 Å². The second kappa shape index (κ2) is 8.98. The van der Waals surface area contributed by atoms with Crippen LogP contribution in [-0.2, 0) is 11.3 Å². The minimum atomic E-state index is -0.477. The van der Waals surface area contributed by atoms with Crippen molar-refractivity contribution in [1.29, 1.82) is 0 Å². The molecule has 6 nitrogen and oxygen atoms in total. The lowest BCUT2D eigenvalue weighted by atomic mass is 9.99. The summed E-state index contributed by atoms with van der Waals surface area (Å²) in [5, 5.41) is 0. The molecular weight excluding hydrogens is 398 g/mol. The standard InChI is InChI=1S/C19H24BrN3O3/c1-5-11(3)13-7-8-16(14(20)9-13)26-10-15-17(18(24)25-6-2)12(4)22-19(21)23-15/h7-9,11H,5-6,10H2,1-4H3,(H2,21,22,23). The highest BCUT2D eigenvalue weighted by molar-refractivity contribution is 9.10. The number of carbonyl (C=O) groups is 1. The number of aryl methyl sites for hydroxylation is 1. The van der Waals surface area contributed by atoms with Gasteiger partial charge in [-0.3, -0.25) is 0 Å². The number of nitrogens with two attached hydrogens (primary N) is 1. The first kappa shape index (κ1) is 20.2. The van der Waals surface area contributed by atoms with Gasteiger partial charge in [-0.2, -0.15) is 0 Å². The molecule has 1 aromatic heterocycles. The summed E-state index contributed by atoms with van der Waals surface area (Å²) in [5.74, 6) is 0.761. The van der Waals surface area contributed by atoms with Gasteiger partial charge in [0.05, 0.1) is 22.5 Å². The average Bonchev–Trinajstić information content (AvgIpc) is 2.59. The van der Waals surface area contributed by atoms with Gasteiger partial charge in [-0.15, -0.1) is 0 Å². The lowest BCUT2D eigenvalue weighted by molar-refractivity contribution is 0.0521. The van der Waals surface area contributed by atoms with Gasteiger partial charge in [-0.25, -0.2) is 14.8 Å². The number of hydrogen-bond donors (Lipinski definition) is 1. The zero-order valence-corrected chi connectivity index (χ0v) is 17.1. The Kier molecular flexibility index (Phi) is 6.97. The van der Waals surface area contributed by atoms with Crippen LogP contribution in [0.15, 0.2) is 22.7 Å². The second-order valence-electron chi connectivity index (χ2n) is 6.00. The summed E-state index contributed by atoms with van der Waals surface area (Å²) in [6.45, 7) is 8.14. The fourth-order valence-electron chi connectivity index (χ4n) is 2.55. The maximum atomic E-state index is 12.2. The molecular formula is C19H24BrN3O3. The Morgan fingerprint density at radius 2 is 2.04 bits per heavy atom. The molecule has 1 unspecified atom stereocenters. The maximum absolute atomic E-state index is 12.2. The van der Waals surface area contributed by atoms with Gasteiger partial charge in [0.15, 0.2) is 0 Å². The number of aromatic nitrogens is 2. The third-order valence-electron chi connectivity index (χ3n) is 4.16. The number of ether oxygens (including phenoxy) is 2. The lowest BCUT2D eigenvalue weighted by Crippen LogP contribution is -2.16. The highest BCUT2D eigenvalue weighted by Crippen LogP contribution is 2.30. The van der Waals surface area contributed by atoms with E-state index in [0.717, 1.165) is 10.9 Å². The third-order valence-corrected chi connectivity index (χ3v) is 4.78. The van der Waals surface area contributed by atoms with E-state index in [-0.39, 0.29) is 19.2 Å². The molecule has 0 saturated carbocycles. The van der Waals surface area contributed by atoms with E-state index in [1.807, 2.05) is 12.1 Å². The monoisotopic (exact) mass is 421 g/mol. The molecule has 0 bridgehead atoms. The van der Waals surface area contributed by atoms with Crippen LogP contribution >= 0.6 is 15.9 Å². The molecule has 0 aliphatic rings. The van der Waals surface area contributed by atoms with Crippen LogP contribution in [0.1, 0.15) is 60.4 Å². The highest BCUT2D eigenvalue weighted by atomic mass is 79.9. The van der Waals surface area contributed by atoms with Gasteiger partial charge in [0.25, 0.3) is 0 Å². The van der Waals surface area contributed by atoms with Gasteiger partial charge < -0.3 is 15.2 Å². The van der Waals surface area contributed by atoms with E-state index < -0.39 is 5.97 Å². The van der Waals surface area contributed by atoms with Crippen molar-refractivity contribution in [3.05, 3.63) is 45.2 Å². The summed E-state index contributed by atoms with van der Waals surface area (Å²) in [6.07, 6.45) is 1.06. The first-order chi connectivity index (χ1) is 12.4. The maximum Gasteiger partial charge on any atom is 0.341 e. The molecule has 7 heteroatoms. The van der Waals surface area contributed by atoms with Gasteiger partial charge in [0.2, 0.25) is 5.95 Å². The number of hydrogen-bond acceptors (Lipinski definition) is 6. The molecule has 1 heterocycles. The van der Waals surface area contributed by atoms with E-state index in [1.165, 1.54) is 5.56 Å². The van der Waals surface area contributed by atoms with Crippen LogP contribution in [0.3, 0.4) is 0 Å². The summed E-state index contributed by atoms with van der Waals surface area (Å²) in [5.41, 5.74) is 8.15. The van der Waals surface area contributed by atoms with Crippen LogP contribution in [0.4, 0.5) is 5.95 Å². The predicted octanol–water partition coefficient (Wildman–Crippen LogP) is 4.40. The minimum Gasteiger partial charge on any atom is -0.486 e. The van der Waals surface area contributed by atoms with Crippen molar-refractivity contribution < 1.29 is 14.3 Å². The van der Waals surface area contributed by atoms with Crippen molar-refractivity contribution in [2.75, 3.05) is 12.3 Å². The Hall–Kier alpha value is -2.15. The van der Waals surface area contributed by atoms with E-state index in [4.69, 9.17) is 15.2 Å². The van der Waals surface area contributed by atoms with Crippen molar-refractivity contribution in [3.63, 3.8) is 0 Å². The average molecular weight is 422 g/mol. The molecule has 26 heavy (non-hydrogen) atoms. The number of nitrogen functional groups attached to an aromatic ring is 1. The molecule has 0 aliphatic carbocycles. The molecule has 0 aliphatic heterocycles. The van der Waals surface area contributed by atoms with E-state index in [2.05, 4.69) is 45.8 Å². The number of nitrogens with zero attached hydrogens (tertiary/aromatic N) is 2. The summed E-state index contributed by atoms with van der Waals surface area (Å²) in [6, 6.07) is 6.00. The summed E-state index contributed by atoms with van der Waals surface area (Å²) in [4.78, 5) is 20.4. The third kappa shape index (κ3) is 4.72. The van der Waals surface area contributed by atoms with E-state index in [1.54, 1.807) is 13.8 Å². The zero-order chi connectivity index (χ0) is 19.3. The molecule has 0 fully saturated rings. The largest absolute Gasteiger partial charge is 0.486 e. The van der Waals surface area contributed by atoms with E-state index in [9.17, 15) is 4.79 Å². The number of rotatable bonds is 7. The zero-order valence-electron chi connectivity index (χ0n) is 15.5. The van der Waals surface area contributed by atoms with Gasteiger partial charge in [0.1, 0.15) is 17.9 Å². The predicted molar refractivity (Wildman–Crippen MR) is 104 cm³/mol. The summed E-state index contributed by atoms with van der Waals surface area (Å²) >= 11 is 3.55. The Bertz CT molecular complexity index is 796. The Balaban J connectivity index is 2.25. The molecule has 140 valence electrons. The Morgan fingerprint density at radius 3 is 2.65 bits per heavy atom. The van der Waals surface area contributed by atoms with Crippen LogP contribution in [0.25, 0.3) is 0 Å². The molecule has 2 aromatic rings. The first-order valence-electron chi connectivity index (χ1n) is 8.59. The molecule has 0 amide bonds. The van der Waals surface area contributed by atoms with E-state index >= 15 is 0 Å². The lowest BCUT2D eigenvalue weighted by Gasteiger charge is -2.15. The highest BCUT2D eigenvalue weighted by Gasteiger charge is 2.20. The Labute approximate surface area is 162 Å². The number of carbonyl (C=O) groups excluding carboxylic acids is 1. The number of halogens is 1. The van der Waals surface area contributed by atoms with E-state index in [0.29, 0.717) is 28.6 Å². The molecule has 0 saturated heterocycles. The number of esters is 1. The van der Waals surface area contributed by atoms with Crippen molar-refractivity contribution in [3.8, 4) is 5.75 Å². The fourth-order valence-corrected chi connectivity index (χ4v) is 3.06. The van der Waals surface area contributed by atoms with Crippen molar-refractivity contribution in [2.45, 2.75) is 46.6 Å². The molecule has 2 rings (SSSR count). The second-order valence-corrected chi connectivity index (χ2v) is 6.85. The quantitative estimate of drug-likeness (QED) is 0.666. The van der Waals surface area contributed by atoms with Crippen LogP contribution in [0, 0.1) is 6.92 Å². The van der Waals surface area contributed by atoms with Crippen LogP contribution in [0.5, 0.6) is 5.75 Å². The smallest absolute Gasteiger partial charge is 0.341 e. The van der Waals surface area contributed by atoms with Crippen LogP contribution in [0.2, 0.25) is 0 Å².